The lowest BCUT2D eigenvalue weighted by molar-refractivity contribution is -0.133. The molecule has 0 aromatic carbocycles. The Morgan fingerprint density at radius 1 is 1.39 bits per heavy atom. The summed E-state index contributed by atoms with van der Waals surface area (Å²) in [5, 5.41) is 3.57. The SMILES string of the molecule is CCC1(C)NC(CC(C)C)N(CC2(C)CC2)C1=O. The number of carbonyl (C=O) groups excluding carboxylic acids is 1. The van der Waals surface area contributed by atoms with Crippen LogP contribution in [0, 0.1) is 11.3 Å². The van der Waals surface area contributed by atoms with Crippen LogP contribution in [-0.2, 0) is 4.79 Å². The summed E-state index contributed by atoms with van der Waals surface area (Å²) in [6.07, 6.45) is 4.70. The molecular weight excluding hydrogens is 224 g/mol. The monoisotopic (exact) mass is 252 g/mol. The predicted molar refractivity (Wildman–Crippen MR) is 74.1 cm³/mol. The van der Waals surface area contributed by atoms with E-state index in [-0.39, 0.29) is 11.7 Å². The second kappa shape index (κ2) is 4.52. The van der Waals surface area contributed by atoms with Gasteiger partial charge in [0, 0.05) is 6.54 Å². The maximum absolute atomic E-state index is 12.6. The van der Waals surface area contributed by atoms with Crippen molar-refractivity contribution < 1.29 is 4.79 Å². The number of hydrogen-bond acceptors (Lipinski definition) is 2. The normalized spacial score (nSPS) is 34.4. The van der Waals surface area contributed by atoms with Crippen molar-refractivity contribution in [1.82, 2.24) is 10.2 Å². The lowest BCUT2D eigenvalue weighted by Crippen LogP contribution is -2.44. The number of nitrogens with one attached hydrogen (secondary N) is 1. The van der Waals surface area contributed by atoms with Gasteiger partial charge in [-0.25, -0.2) is 0 Å². The van der Waals surface area contributed by atoms with E-state index in [1.54, 1.807) is 0 Å². The van der Waals surface area contributed by atoms with Gasteiger partial charge in [0.2, 0.25) is 5.91 Å². The van der Waals surface area contributed by atoms with E-state index in [2.05, 4.69) is 44.8 Å². The predicted octanol–water partition coefficient (Wildman–Crippen LogP) is 2.76. The summed E-state index contributed by atoms with van der Waals surface area (Å²) >= 11 is 0. The zero-order valence-corrected chi connectivity index (χ0v) is 12.5. The molecule has 3 heteroatoms. The molecule has 1 amide bonds. The maximum atomic E-state index is 12.6. The highest BCUT2D eigenvalue weighted by Crippen LogP contribution is 2.46. The molecule has 1 aliphatic carbocycles. The molecule has 0 aromatic rings. The van der Waals surface area contributed by atoms with Gasteiger partial charge in [0.05, 0.1) is 11.7 Å². The molecule has 3 nitrogen and oxygen atoms in total. The van der Waals surface area contributed by atoms with E-state index >= 15 is 0 Å². The van der Waals surface area contributed by atoms with Crippen LogP contribution >= 0.6 is 0 Å². The molecule has 1 aliphatic heterocycles. The highest BCUT2D eigenvalue weighted by Gasteiger charge is 2.50. The Bertz CT molecular complexity index is 335. The van der Waals surface area contributed by atoms with Crippen LogP contribution in [0.2, 0.25) is 0 Å². The quantitative estimate of drug-likeness (QED) is 0.816. The number of carbonyl (C=O) groups is 1. The van der Waals surface area contributed by atoms with E-state index in [9.17, 15) is 4.79 Å². The minimum Gasteiger partial charge on any atom is -0.325 e. The van der Waals surface area contributed by atoms with Gasteiger partial charge in [0.1, 0.15) is 0 Å². The van der Waals surface area contributed by atoms with E-state index in [0.717, 1.165) is 19.4 Å². The van der Waals surface area contributed by atoms with E-state index in [1.807, 2.05) is 0 Å². The molecule has 2 fully saturated rings. The molecule has 2 rings (SSSR count). The van der Waals surface area contributed by atoms with Crippen molar-refractivity contribution in [2.45, 2.75) is 72.0 Å². The highest BCUT2D eigenvalue weighted by atomic mass is 16.2. The lowest BCUT2D eigenvalue weighted by atomic mass is 9.99. The number of amides is 1. The fraction of sp³-hybridized carbons (Fsp3) is 0.933. The molecule has 2 atom stereocenters. The van der Waals surface area contributed by atoms with Crippen LogP contribution in [0.3, 0.4) is 0 Å². The van der Waals surface area contributed by atoms with Crippen molar-refractivity contribution in [3.8, 4) is 0 Å². The zero-order chi connectivity index (χ0) is 13.6. The van der Waals surface area contributed by atoms with Gasteiger partial charge in [0.15, 0.2) is 0 Å². The minimum absolute atomic E-state index is 0.236. The van der Waals surface area contributed by atoms with E-state index in [4.69, 9.17) is 0 Å². The molecule has 2 aliphatic rings. The third-order valence-electron chi connectivity index (χ3n) is 4.65. The van der Waals surface area contributed by atoms with Gasteiger partial charge in [-0.1, -0.05) is 27.7 Å². The standard InChI is InChI=1S/C15H28N2O/c1-6-15(5)13(18)17(10-14(4)7-8-14)12(16-15)9-11(2)3/h11-12,16H,6-10H2,1-5H3. The largest absolute Gasteiger partial charge is 0.325 e. The number of rotatable bonds is 5. The van der Waals surface area contributed by atoms with Gasteiger partial charge in [-0.2, -0.15) is 0 Å². The molecule has 104 valence electrons. The third kappa shape index (κ3) is 2.56. The van der Waals surface area contributed by atoms with Crippen LogP contribution in [0.15, 0.2) is 0 Å². The Morgan fingerprint density at radius 2 is 2.00 bits per heavy atom. The summed E-state index contributed by atoms with van der Waals surface area (Å²) < 4.78 is 0. The van der Waals surface area contributed by atoms with Crippen LogP contribution in [0.25, 0.3) is 0 Å². The van der Waals surface area contributed by atoms with Crippen LogP contribution in [0.5, 0.6) is 0 Å². The molecule has 1 saturated carbocycles. The van der Waals surface area contributed by atoms with Gasteiger partial charge in [-0.3, -0.25) is 10.1 Å². The molecule has 18 heavy (non-hydrogen) atoms. The summed E-state index contributed by atoms with van der Waals surface area (Å²) in [7, 11) is 0. The van der Waals surface area contributed by atoms with E-state index in [1.165, 1.54) is 12.8 Å². The van der Waals surface area contributed by atoms with Crippen molar-refractivity contribution in [3.63, 3.8) is 0 Å². The molecule has 0 bridgehead atoms. The van der Waals surface area contributed by atoms with Gasteiger partial charge in [0.25, 0.3) is 0 Å². The Balaban J connectivity index is 2.13. The summed E-state index contributed by atoms with van der Waals surface area (Å²) in [5.74, 6) is 0.924. The van der Waals surface area contributed by atoms with Crippen molar-refractivity contribution in [2.24, 2.45) is 11.3 Å². The van der Waals surface area contributed by atoms with Crippen LogP contribution in [-0.4, -0.2) is 29.1 Å². The van der Waals surface area contributed by atoms with Crippen molar-refractivity contribution in [3.05, 3.63) is 0 Å². The molecule has 0 spiro atoms. The van der Waals surface area contributed by atoms with Crippen LogP contribution in [0.4, 0.5) is 0 Å². The topological polar surface area (TPSA) is 32.3 Å². The van der Waals surface area contributed by atoms with Gasteiger partial charge in [-0.15, -0.1) is 0 Å². The second-order valence-electron chi connectivity index (χ2n) is 7.22. The average molecular weight is 252 g/mol. The van der Waals surface area contributed by atoms with Gasteiger partial charge in [-0.05, 0) is 43.9 Å². The number of nitrogens with zero attached hydrogens (tertiary/aromatic N) is 1. The molecular formula is C15H28N2O. The fourth-order valence-electron chi connectivity index (χ4n) is 2.82. The van der Waals surface area contributed by atoms with Crippen molar-refractivity contribution in [2.75, 3.05) is 6.54 Å². The Kier molecular flexibility index (Phi) is 3.48. The molecule has 1 saturated heterocycles. The molecule has 0 radical (unpaired) electrons. The van der Waals surface area contributed by atoms with Crippen LogP contribution in [0.1, 0.15) is 60.3 Å². The van der Waals surface area contributed by atoms with Gasteiger partial charge >= 0.3 is 0 Å². The first-order valence-corrected chi connectivity index (χ1v) is 7.38. The number of hydrogen-bond donors (Lipinski definition) is 1. The molecule has 1 heterocycles. The first-order valence-electron chi connectivity index (χ1n) is 7.38. The summed E-state index contributed by atoms with van der Waals surface area (Å²) in [4.78, 5) is 14.7. The Morgan fingerprint density at radius 3 is 2.44 bits per heavy atom. The second-order valence-corrected chi connectivity index (χ2v) is 7.22. The lowest BCUT2D eigenvalue weighted by Gasteiger charge is -2.28. The third-order valence-corrected chi connectivity index (χ3v) is 4.65. The van der Waals surface area contributed by atoms with E-state index < -0.39 is 0 Å². The Hall–Kier alpha value is -0.570. The fourth-order valence-corrected chi connectivity index (χ4v) is 2.82. The Labute approximate surface area is 111 Å². The van der Waals surface area contributed by atoms with Crippen LogP contribution < -0.4 is 5.32 Å². The smallest absolute Gasteiger partial charge is 0.243 e. The first kappa shape index (κ1) is 13.9. The summed E-state index contributed by atoms with van der Waals surface area (Å²) in [5.41, 5.74) is 0.0520. The summed E-state index contributed by atoms with van der Waals surface area (Å²) in [6, 6.07) is 0. The van der Waals surface area contributed by atoms with E-state index in [0.29, 0.717) is 17.2 Å². The highest BCUT2D eigenvalue weighted by molar-refractivity contribution is 5.88. The zero-order valence-electron chi connectivity index (χ0n) is 12.5. The molecule has 1 N–H and O–H groups in total. The summed E-state index contributed by atoms with van der Waals surface area (Å²) in [6.45, 7) is 11.8. The minimum atomic E-state index is -0.342. The van der Waals surface area contributed by atoms with Crippen molar-refractivity contribution in [1.29, 1.82) is 0 Å². The molecule has 2 unspecified atom stereocenters. The van der Waals surface area contributed by atoms with Crippen molar-refractivity contribution >= 4 is 5.91 Å². The average Bonchev–Trinajstić information content (AvgIpc) is 2.96. The maximum Gasteiger partial charge on any atom is 0.243 e. The first-order chi connectivity index (χ1) is 8.30. The van der Waals surface area contributed by atoms with Gasteiger partial charge < -0.3 is 4.90 Å². The molecule has 0 aromatic heterocycles.